The minimum absolute atomic E-state index is 0. The van der Waals surface area contributed by atoms with E-state index in [1.165, 1.54) is 54.1 Å². The summed E-state index contributed by atoms with van der Waals surface area (Å²) >= 11 is 18.9. The van der Waals surface area contributed by atoms with E-state index in [0.29, 0.717) is 28.4 Å². The Morgan fingerprint density at radius 1 is 0.374 bits per heavy atom. The molecule has 8 aromatic heterocycles. The van der Waals surface area contributed by atoms with Crippen molar-refractivity contribution in [3.05, 3.63) is 401 Å². The normalized spacial score (nSPS) is 11.6. The largest absolute Gasteiger partial charge is 1.00 e. The third-order valence-electron chi connectivity index (χ3n) is 22.5. The topological polar surface area (TPSA) is 331 Å². The predicted molar refractivity (Wildman–Crippen MR) is 580 cm³/mol. The molecule has 0 spiro atoms. The van der Waals surface area contributed by atoms with E-state index >= 15 is 4.57 Å². The Morgan fingerprint density at radius 2 is 0.640 bits per heavy atom. The van der Waals surface area contributed by atoms with Gasteiger partial charge in [-0.15, -0.1) is 0 Å². The van der Waals surface area contributed by atoms with E-state index in [1.54, 1.807) is 49.1 Å². The van der Waals surface area contributed by atoms with Gasteiger partial charge in [-0.1, -0.05) is 317 Å². The third-order valence-corrected chi connectivity index (χ3v) is 34.9. The summed E-state index contributed by atoms with van der Waals surface area (Å²) in [5.41, 5.74) is 15.8. The first-order valence-electron chi connectivity index (χ1n) is 43.0. The molecule has 0 saturated carbocycles. The molecular formula is C104H76B4Br4N8Na2O12P4S. The third kappa shape index (κ3) is 22.1. The first kappa shape index (κ1) is 103. The fourth-order valence-electron chi connectivity index (χ4n) is 17.0. The number of benzene rings is 13. The molecule has 2 aliphatic rings. The molecule has 23 rings (SSSR count). The summed E-state index contributed by atoms with van der Waals surface area (Å²) in [6.07, 6.45) is 14.1. The van der Waals surface area contributed by atoms with Crippen molar-refractivity contribution < 1.29 is 122 Å². The molecule has 13 aromatic carbocycles. The van der Waals surface area contributed by atoms with Gasteiger partial charge in [0.2, 0.25) is 0 Å². The van der Waals surface area contributed by atoms with E-state index in [2.05, 4.69) is 294 Å². The van der Waals surface area contributed by atoms with Gasteiger partial charge < -0.3 is 56.3 Å². The van der Waals surface area contributed by atoms with Crippen molar-refractivity contribution in [3.8, 4) is 44.5 Å². The Bertz CT molecular complexity index is 7720. The Morgan fingerprint density at radius 3 is 0.964 bits per heavy atom. The molecule has 0 unspecified atom stereocenters. The molecule has 0 aliphatic carbocycles. The minimum Gasteiger partial charge on any atom is -1.00 e. The summed E-state index contributed by atoms with van der Waals surface area (Å²) in [5.74, 6) is 0. The number of pyridine rings is 8. The Balaban J connectivity index is 0.000000146. The zero-order valence-electron chi connectivity index (χ0n) is 76.0. The molecule has 8 N–H and O–H groups in total. The number of rotatable bonds is 9. The second-order valence-electron chi connectivity index (χ2n) is 30.3. The van der Waals surface area contributed by atoms with Gasteiger partial charge in [0.15, 0.2) is 7.14 Å². The molecule has 139 heavy (non-hydrogen) atoms. The molecule has 20 nitrogen and oxygen atoms in total. The number of carbonyl (C=O) groups excluding carboxylic acids is 1. The van der Waals surface area contributed by atoms with Gasteiger partial charge in [-0.3, -0.25) is 44.7 Å². The van der Waals surface area contributed by atoms with Crippen LogP contribution in [0.3, 0.4) is 0 Å². The Hall–Kier alpha value is -9.96. The molecular weight excluding hydrogens is 2120 g/mol. The maximum Gasteiger partial charge on any atom is 1.00 e. The van der Waals surface area contributed by atoms with Gasteiger partial charge in [-0.25, -0.2) is 0 Å². The van der Waals surface area contributed by atoms with E-state index < -0.39 is 51.2 Å². The van der Waals surface area contributed by atoms with Crippen LogP contribution in [0.1, 0.15) is 2.80 Å². The second-order valence-corrected chi connectivity index (χ2v) is 41.6. The van der Waals surface area contributed by atoms with Gasteiger partial charge in [-0.05, 0) is 187 Å². The zero-order valence-corrected chi connectivity index (χ0v) is 88.7. The summed E-state index contributed by atoms with van der Waals surface area (Å²) in [4.78, 5) is 47.5. The smallest absolute Gasteiger partial charge is 1.00 e. The van der Waals surface area contributed by atoms with Crippen molar-refractivity contribution in [3.63, 3.8) is 0 Å². The summed E-state index contributed by atoms with van der Waals surface area (Å²) in [6, 6.07) is 114. The van der Waals surface area contributed by atoms with Gasteiger partial charge in [-0.2, -0.15) is 0 Å². The van der Waals surface area contributed by atoms with E-state index in [-0.39, 0.29) is 77.9 Å². The number of halogens is 4. The maximum absolute atomic E-state index is 15.4. The standard InChI is InChI=1S/C30H19N2OP.C30H19N2P.C18H13Br2P.C12H10B2N2O4.C12H6Br2N2.CH2O3.CH3PS.B2H4O4.2Na.H/c33-34(20-10-2-1-3-11-20)25-16-6-4-12-21(25)27-23-14-8-18-31-29(23)30-24(15-9-19-32-30)28(27)22-13-5-7-17-26(22)34;1-2-10-20(11-3-1)33-25-16-6-4-12-21(25)27-23-14-8-18-31-29(23)30-24(15-9-19-32-30)28(27)22-13-5-7-17-26(22)33;19-15-10-4-6-12-17(15)21(14-8-2-1-3-9-14)18-13-7-5-11-16(18)20;17-13(18)9-7-3-1-5-15-11(7)12-8(4-2-6-16-12)10(9)14(19)20;13-9-7-3-1-5-15-11(7)12-8(10(9)14)4-2-6-16-12;2-1-4-3;1-2-3;3-1(4)2(5)6;;;/h1-19H;1-19H;1-13H;1-6,17-20H;1-6H;1,3H;1H3;3-6H;;;/q;;;;;;;;2*+1;-1/p-1/i;;;;;;1T;;;;. The zero-order chi connectivity index (χ0) is 96.5. The van der Waals surface area contributed by atoms with Crippen LogP contribution in [-0.4, -0.2) is 121 Å². The first-order chi connectivity index (χ1) is 67.3. The summed E-state index contributed by atoms with van der Waals surface area (Å²) in [6.45, 7) is 0.176. The number of fused-ring (bicyclic) bond motifs is 26. The fourth-order valence-corrected chi connectivity index (χ4v) is 27.7. The molecule has 35 heteroatoms. The van der Waals surface area contributed by atoms with Crippen LogP contribution >= 0.6 is 94.1 Å². The predicted octanol–water partition coefficient (Wildman–Crippen LogP) is 10.3. The van der Waals surface area contributed by atoms with E-state index in [9.17, 15) is 20.1 Å². The van der Waals surface area contributed by atoms with Crippen molar-refractivity contribution in [2.24, 2.45) is 0 Å². The molecule has 0 fully saturated rings. The van der Waals surface area contributed by atoms with Crippen molar-refractivity contribution >= 4 is 286 Å². The van der Waals surface area contributed by atoms with E-state index in [0.717, 1.165) is 129 Å². The Kier molecular flexibility index (Phi) is 36.6. The van der Waals surface area contributed by atoms with E-state index in [1.807, 2.05) is 140 Å². The van der Waals surface area contributed by atoms with Crippen LogP contribution in [0.15, 0.2) is 401 Å². The van der Waals surface area contributed by atoms with E-state index in [4.69, 9.17) is 51.5 Å². The molecule has 0 saturated heterocycles. The van der Waals surface area contributed by atoms with Gasteiger partial charge >= 0.3 is 87.4 Å². The van der Waals surface area contributed by atoms with Gasteiger partial charge in [0.05, 0.1) is 44.1 Å². The minimum atomic E-state index is -3.17. The molecule has 0 bridgehead atoms. The van der Waals surface area contributed by atoms with Crippen LogP contribution < -0.4 is 123 Å². The number of hydrogen-bond donors (Lipinski definition) is 8. The Labute approximate surface area is 890 Å². The first-order valence-corrected chi connectivity index (χ1v) is 51.9. The molecule has 10 heterocycles. The monoisotopic (exact) mass is 2190 g/mol. The van der Waals surface area contributed by atoms with Crippen LogP contribution in [0, 0.1) is 0 Å². The van der Waals surface area contributed by atoms with Crippen LogP contribution in [-0.2, 0) is 26.1 Å². The van der Waals surface area contributed by atoms with Crippen molar-refractivity contribution in [1.29, 1.82) is 0 Å². The van der Waals surface area contributed by atoms with Gasteiger partial charge in [0, 0.05) is 150 Å². The van der Waals surface area contributed by atoms with Crippen molar-refractivity contribution in [2.75, 3.05) is 6.64 Å². The number of hydrogen-bond acceptors (Lipinski definition) is 21. The maximum atomic E-state index is 15.4. The van der Waals surface area contributed by atoms with Crippen LogP contribution in [0.4, 0.5) is 0 Å². The van der Waals surface area contributed by atoms with Crippen molar-refractivity contribution in [2.45, 2.75) is 0 Å². The summed E-state index contributed by atoms with van der Waals surface area (Å²) < 4.78 is 26.1. The summed E-state index contributed by atoms with van der Waals surface area (Å²) in [5, 5.41) is 95.6. The van der Waals surface area contributed by atoms with Crippen LogP contribution in [0.2, 0.25) is 0 Å². The molecule has 672 valence electrons. The average Bonchev–Trinajstić information content (AvgIpc) is 1.57. The van der Waals surface area contributed by atoms with Gasteiger partial charge in [0.1, 0.15) is 0 Å². The number of nitrogens with zero attached hydrogens (tertiary/aromatic N) is 8. The number of carbonyl (C=O) groups is 1. The molecule has 0 atom stereocenters. The SMILES string of the molecule is Brc1c(Br)c2cccnc2c2ncccc12.Brc1ccccc1P(c1ccccc1)c1ccccc1Br.O=CO[O-].O=P1(c2ccccc2)c2ccccc2-c2c(c3cccnc3c3ncccc23)-c2ccccc21.OB(O)B(O)O.OB(O)c1c(B(O)O)c2cccnc2c2ncccc12.[3H]CP=S.[H-].[Na+].[Na+].c1ccc(P2c3ccccc3-c3c(c4cccnc4c4ncccc34)-c3ccccc32)cc1. The molecule has 21 aromatic rings. The second kappa shape index (κ2) is 49.2. The summed E-state index contributed by atoms with van der Waals surface area (Å²) in [7, 11) is -11.5. The van der Waals surface area contributed by atoms with Crippen LogP contribution in [0.25, 0.3) is 132 Å². The average molecular weight is 2200 g/mol. The fraction of sp³-hybridized carbons (Fsp3) is 0.00962. The van der Waals surface area contributed by atoms with Crippen LogP contribution in [0.5, 0.6) is 0 Å². The van der Waals surface area contributed by atoms with Crippen molar-refractivity contribution in [1.82, 2.24) is 39.9 Å². The molecule has 0 radical (unpaired) electrons. The van der Waals surface area contributed by atoms with Gasteiger partial charge in [0.25, 0.3) is 6.47 Å². The molecule has 2 aliphatic heterocycles. The quantitative estimate of drug-likeness (QED) is 0.0166. The molecule has 0 amide bonds. The number of aromatic nitrogens is 8.